The lowest BCUT2D eigenvalue weighted by molar-refractivity contribution is -0.201. The molecule has 1 spiro atoms. The number of aliphatic carboxylic acids is 1. The Morgan fingerprint density at radius 2 is 1.73 bits per heavy atom. The molecule has 5 N–H and O–H groups in total. The number of alkyl halides is 1. The summed E-state index contributed by atoms with van der Waals surface area (Å²) >= 11 is 3.04. The molecule has 6 fully saturated rings. The van der Waals surface area contributed by atoms with E-state index in [0.717, 1.165) is 62.5 Å². The van der Waals surface area contributed by atoms with Gasteiger partial charge in [-0.05, 0) is 118 Å². The van der Waals surface area contributed by atoms with E-state index < -0.39 is 59.2 Å². The number of hydrogen-bond donors (Lipinski definition) is 5. The highest BCUT2D eigenvalue weighted by molar-refractivity contribution is 9.09. The van der Waals surface area contributed by atoms with Crippen molar-refractivity contribution < 1.29 is 53.6 Å². The molecule has 8 rings (SSSR count). The first kappa shape index (κ1) is 45.0. The topological polar surface area (TPSA) is 206 Å². The van der Waals surface area contributed by atoms with Gasteiger partial charge < -0.3 is 35.4 Å². The fraction of sp³-hybridized carbons (Fsp3) is 0.667. The predicted molar refractivity (Wildman–Crippen MR) is 229 cm³/mol. The maximum Gasteiger partial charge on any atom is 0.303 e. The first-order valence-corrected chi connectivity index (χ1v) is 23.7. The zero-order valence-corrected chi connectivity index (χ0v) is 37.3. The molecule has 2 amide bonds. The fourth-order valence-corrected chi connectivity index (χ4v) is 13.5. The first-order chi connectivity index (χ1) is 29.6. The molecular weight excluding hydrogens is 860 g/mol. The number of Topliss-reactive ketones (excluding diaryl/α,β-unsaturated/α-hetero) is 2. The van der Waals surface area contributed by atoms with Crippen LogP contribution in [0.3, 0.4) is 0 Å². The summed E-state index contributed by atoms with van der Waals surface area (Å²) in [5.74, 6) is -2.21. The van der Waals surface area contributed by atoms with Crippen LogP contribution in [0.1, 0.15) is 115 Å². The van der Waals surface area contributed by atoms with Crippen molar-refractivity contribution in [2.24, 2.45) is 45.8 Å². The van der Waals surface area contributed by atoms with Gasteiger partial charge in [0.05, 0.1) is 24.1 Å². The molecule has 0 aromatic heterocycles. The van der Waals surface area contributed by atoms with E-state index >= 15 is 0 Å². The summed E-state index contributed by atoms with van der Waals surface area (Å²) in [6, 6.07) is 8.20. The van der Waals surface area contributed by atoms with E-state index in [1.54, 1.807) is 12.2 Å². The van der Waals surface area contributed by atoms with Crippen LogP contribution < -0.4 is 10.6 Å². The normalized spacial score (nSPS) is 38.2. The van der Waals surface area contributed by atoms with Gasteiger partial charge in [-0.3, -0.25) is 28.8 Å². The summed E-state index contributed by atoms with van der Waals surface area (Å²) in [4.78, 5) is 74.7. The number of ketones is 3. The van der Waals surface area contributed by atoms with Crippen LogP contribution in [0.4, 0.5) is 0 Å². The number of hydrogen-bond acceptors (Lipinski definition) is 10. The Morgan fingerprint density at radius 3 is 2.42 bits per heavy atom. The Morgan fingerprint density at radius 1 is 1.00 bits per heavy atom. The number of carbonyl (C=O) groups is 6. The molecule has 1 heterocycles. The summed E-state index contributed by atoms with van der Waals surface area (Å²) < 4.78 is 13.5. The lowest BCUT2D eigenvalue weighted by Gasteiger charge is -2.59. The third kappa shape index (κ3) is 8.09. The minimum atomic E-state index is -1.40. The van der Waals surface area contributed by atoms with Crippen LogP contribution in [0.15, 0.2) is 48.1 Å². The Bertz CT molecular complexity index is 2030. The number of carboxylic acids is 1. The van der Waals surface area contributed by atoms with Crippen LogP contribution in [0.25, 0.3) is 0 Å². The molecule has 62 heavy (non-hydrogen) atoms. The largest absolute Gasteiger partial charge is 0.481 e. The Balaban J connectivity index is 0.856. The van der Waals surface area contributed by atoms with Gasteiger partial charge in [0.25, 0.3) is 0 Å². The highest BCUT2D eigenvalue weighted by Crippen LogP contribution is 2.70. The lowest BCUT2D eigenvalue weighted by atomic mass is 9.46. The molecule has 14 heteroatoms. The molecule has 0 radical (unpaired) electrons. The maximum absolute atomic E-state index is 14.0. The highest BCUT2D eigenvalue weighted by atomic mass is 79.9. The second kappa shape index (κ2) is 17.4. The molecule has 336 valence electrons. The van der Waals surface area contributed by atoms with Crippen molar-refractivity contribution in [1.29, 1.82) is 0 Å². The zero-order valence-electron chi connectivity index (χ0n) is 35.7. The molecule has 1 unspecified atom stereocenters. The monoisotopic (exact) mass is 920 g/mol. The van der Waals surface area contributed by atoms with E-state index in [4.69, 9.17) is 9.47 Å². The number of nitrogens with one attached hydrogen (secondary N) is 2. The van der Waals surface area contributed by atoms with Gasteiger partial charge in [-0.25, -0.2) is 0 Å². The molecule has 0 bridgehead atoms. The second-order valence-electron chi connectivity index (χ2n) is 19.9. The Hall–Kier alpha value is -3.56. The third-order valence-corrected chi connectivity index (χ3v) is 17.2. The number of fused-ring (bicyclic) bond motifs is 7. The number of rotatable bonds is 16. The Kier molecular flexibility index (Phi) is 12.7. The number of ether oxygens (including phenoxy) is 2. The van der Waals surface area contributed by atoms with Crippen molar-refractivity contribution in [1.82, 2.24) is 10.6 Å². The van der Waals surface area contributed by atoms with Crippen molar-refractivity contribution in [2.75, 3.05) is 18.5 Å². The average molecular weight is 922 g/mol. The molecule has 1 aromatic carbocycles. The summed E-state index contributed by atoms with van der Waals surface area (Å²) in [5.41, 5.74) is 0.680. The number of amides is 2. The molecule has 7 aliphatic rings. The number of halogens is 1. The van der Waals surface area contributed by atoms with Gasteiger partial charge >= 0.3 is 5.97 Å². The number of aliphatic hydroxyl groups excluding tert-OH is 2. The second-order valence-corrected chi connectivity index (χ2v) is 20.5. The highest BCUT2D eigenvalue weighted by Gasteiger charge is 2.76. The third-order valence-electron chi connectivity index (χ3n) is 16.7. The minimum absolute atomic E-state index is 0.00499. The molecule has 13 nitrogen and oxygen atoms in total. The molecule has 1 saturated heterocycles. The first-order valence-electron chi connectivity index (χ1n) is 22.6. The van der Waals surface area contributed by atoms with Gasteiger partial charge in [0.1, 0.15) is 6.61 Å². The summed E-state index contributed by atoms with van der Waals surface area (Å²) in [7, 11) is 0. The zero-order chi connectivity index (χ0) is 44.2. The molecule has 11 atom stereocenters. The molecular formula is C48H61BrN2O11. The fourth-order valence-electron chi connectivity index (χ4n) is 13.3. The number of allylic oxidation sites excluding steroid dienone is 4. The molecule has 6 aliphatic carbocycles. The van der Waals surface area contributed by atoms with Crippen LogP contribution in [0.5, 0.6) is 0 Å². The van der Waals surface area contributed by atoms with Gasteiger partial charge in [-0.2, -0.15) is 0 Å². The van der Waals surface area contributed by atoms with Crippen LogP contribution in [-0.4, -0.2) is 92.8 Å². The van der Waals surface area contributed by atoms with Crippen LogP contribution in [-0.2, 0) is 44.7 Å². The maximum atomic E-state index is 14.0. The van der Waals surface area contributed by atoms with Gasteiger partial charge in [0.2, 0.25) is 11.8 Å². The molecule has 1 aromatic rings. The van der Waals surface area contributed by atoms with Gasteiger partial charge in [0.15, 0.2) is 29.2 Å². The van der Waals surface area contributed by atoms with Gasteiger partial charge in [-0.15, -0.1) is 0 Å². The van der Waals surface area contributed by atoms with Crippen molar-refractivity contribution in [3.05, 3.63) is 59.2 Å². The van der Waals surface area contributed by atoms with Crippen LogP contribution in [0, 0.1) is 45.8 Å². The summed E-state index contributed by atoms with van der Waals surface area (Å²) in [6.45, 7) is 3.36. The van der Waals surface area contributed by atoms with Gasteiger partial charge in [-0.1, -0.05) is 65.7 Å². The van der Waals surface area contributed by atoms with Crippen molar-refractivity contribution in [2.45, 2.75) is 134 Å². The van der Waals surface area contributed by atoms with E-state index in [2.05, 4.69) is 45.6 Å². The quantitative estimate of drug-likeness (QED) is 0.136. The van der Waals surface area contributed by atoms with Gasteiger partial charge in [0, 0.05) is 47.1 Å². The number of aliphatic hydroxyl groups is 2. The molecule has 5 saturated carbocycles. The van der Waals surface area contributed by atoms with Crippen LogP contribution >= 0.6 is 15.9 Å². The minimum Gasteiger partial charge on any atom is -0.481 e. The lowest BCUT2D eigenvalue weighted by Crippen LogP contribution is -2.63. The van der Waals surface area contributed by atoms with E-state index in [1.807, 2.05) is 25.1 Å². The number of benzene rings is 1. The van der Waals surface area contributed by atoms with E-state index in [9.17, 15) is 44.1 Å². The van der Waals surface area contributed by atoms with Crippen molar-refractivity contribution >= 4 is 51.1 Å². The Labute approximate surface area is 371 Å². The number of carboxylic acid groups (broad SMARTS) is 1. The summed E-state index contributed by atoms with van der Waals surface area (Å²) in [5, 5.41) is 37.3. The predicted octanol–water partition coefficient (Wildman–Crippen LogP) is 5.24. The van der Waals surface area contributed by atoms with E-state index in [1.165, 1.54) is 5.56 Å². The van der Waals surface area contributed by atoms with E-state index in [-0.39, 0.29) is 90.1 Å². The smallest absolute Gasteiger partial charge is 0.303 e. The van der Waals surface area contributed by atoms with Crippen LogP contribution in [0.2, 0.25) is 0 Å². The van der Waals surface area contributed by atoms with Crippen molar-refractivity contribution in [3.8, 4) is 0 Å². The standard InChI is InChI=1S/C48H61BrN2O11/c1-45-16-15-33(53)20-30(45)9-11-35-36-21-39-48(38(56)26-52,46(36,2)23-37(55)42(35)45)62-44(61-39)29-5-3-27(4-6-29)19-31-22-47(31)17-13-32(14-18-47)51-43(60)28(8-12-41(58)59)7-10-34(54)25-50-40(57)24-49/h3-6,15-16,20,28,31-32,35-37,39,42,44,52,55H,7-14,17-19,21-26H2,1-2H3,(H,50,57)(H,51,60)(H,58,59)/t28-,31?,32?,35-,36-,37-,39+,42+,44+,45-,46-,47?,48+/m0/s1. The number of carbonyl (C=O) groups excluding carboxylic acids is 5. The average Bonchev–Trinajstić information content (AvgIpc) is 3.62. The summed E-state index contributed by atoms with van der Waals surface area (Å²) in [6.07, 6.45) is 11.7. The van der Waals surface area contributed by atoms with Crippen molar-refractivity contribution in [3.63, 3.8) is 0 Å². The SMILES string of the molecule is C[C@]12C=CC(=O)C=C1CC[C@@H]1[C@@H]2[C@@H](O)C[C@@]2(C)[C@H]1C[C@H]1O[C@@H](c3ccc(CC4CC45CCC(NC(=O)[C@H](CCC(=O)O)CCC(=O)CNC(=O)CBr)CC5)cc3)O[C@]12C(=O)CO. The van der Waals surface area contributed by atoms with E-state index in [0.29, 0.717) is 18.8 Å². The molecule has 1 aliphatic heterocycles.